The first-order chi connectivity index (χ1) is 11.2. The highest BCUT2D eigenvalue weighted by Crippen LogP contribution is 2.30. The van der Waals surface area contributed by atoms with Gasteiger partial charge in [-0.25, -0.2) is 4.39 Å². The minimum atomic E-state index is -0.210. The van der Waals surface area contributed by atoms with Crippen LogP contribution in [-0.4, -0.2) is 16.2 Å². The van der Waals surface area contributed by atoms with Crippen LogP contribution in [0.25, 0.3) is 10.9 Å². The zero-order chi connectivity index (χ0) is 15.8. The number of benzene rings is 1. The summed E-state index contributed by atoms with van der Waals surface area (Å²) in [5.41, 5.74) is 1.97. The number of aromatic nitrogens is 2. The summed E-state index contributed by atoms with van der Waals surface area (Å²) in [5, 5.41) is 0.904. The number of nitrogens with zero attached hydrogens (tertiary/aromatic N) is 2. The molecular formula is C19H19FN2O. The topological polar surface area (TPSA) is 27.1 Å². The van der Waals surface area contributed by atoms with Crippen LogP contribution in [0.5, 0.6) is 5.75 Å². The highest BCUT2D eigenvalue weighted by atomic mass is 19.1. The summed E-state index contributed by atoms with van der Waals surface area (Å²) in [4.78, 5) is 4.54. The Morgan fingerprint density at radius 2 is 2.13 bits per heavy atom. The number of ether oxygens (including phenoxy) is 1. The molecule has 1 aliphatic carbocycles. The van der Waals surface area contributed by atoms with Crippen molar-refractivity contribution >= 4 is 10.9 Å². The van der Waals surface area contributed by atoms with E-state index in [0.717, 1.165) is 34.9 Å². The molecule has 4 rings (SSSR count). The molecule has 0 saturated heterocycles. The molecule has 0 unspecified atom stereocenters. The summed E-state index contributed by atoms with van der Waals surface area (Å²) in [5.74, 6) is 1.35. The molecule has 0 radical (unpaired) electrons. The molecule has 1 aliphatic rings. The summed E-state index contributed by atoms with van der Waals surface area (Å²) in [6.45, 7) is 2.89. The summed E-state index contributed by atoms with van der Waals surface area (Å²) in [6.07, 6.45) is 6.33. The third-order valence-corrected chi connectivity index (χ3v) is 4.47. The number of fused-ring (bicyclic) bond motifs is 1. The summed E-state index contributed by atoms with van der Waals surface area (Å²) < 4.78 is 21.2. The molecule has 23 heavy (non-hydrogen) atoms. The van der Waals surface area contributed by atoms with E-state index < -0.39 is 0 Å². The van der Waals surface area contributed by atoms with Crippen molar-refractivity contribution in [3.05, 3.63) is 60.3 Å². The summed E-state index contributed by atoms with van der Waals surface area (Å²) >= 11 is 0. The van der Waals surface area contributed by atoms with Crippen molar-refractivity contribution in [1.29, 1.82) is 0 Å². The van der Waals surface area contributed by atoms with E-state index in [1.807, 2.05) is 30.5 Å². The van der Waals surface area contributed by atoms with Crippen LogP contribution in [0.1, 0.15) is 31.5 Å². The Balaban J connectivity index is 1.55. The van der Waals surface area contributed by atoms with E-state index in [1.54, 1.807) is 12.3 Å². The number of rotatable bonds is 5. The second-order valence-electron chi connectivity index (χ2n) is 6.28. The van der Waals surface area contributed by atoms with Gasteiger partial charge in [-0.3, -0.25) is 4.98 Å². The SMILES string of the molecule is C[C@H](c1ccc(OCC2CC2)cn1)n1ccc2cc(F)ccc21. The molecule has 0 N–H and O–H groups in total. The predicted octanol–water partition coefficient (Wildman–Crippen LogP) is 4.57. The van der Waals surface area contributed by atoms with Crippen molar-refractivity contribution in [1.82, 2.24) is 9.55 Å². The minimum Gasteiger partial charge on any atom is -0.492 e. The molecule has 0 aliphatic heterocycles. The Morgan fingerprint density at radius 1 is 1.26 bits per heavy atom. The molecule has 3 nitrogen and oxygen atoms in total. The van der Waals surface area contributed by atoms with E-state index >= 15 is 0 Å². The van der Waals surface area contributed by atoms with Crippen molar-refractivity contribution in [2.75, 3.05) is 6.61 Å². The number of pyridine rings is 1. The first kappa shape index (κ1) is 14.2. The maximum Gasteiger partial charge on any atom is 0.137 e. The Hall–Kier alpha value is -2.36. The van der Waals surface area contributed by atoms with Gasteiger partial charge in [0.25, 0.3) is 0 Å². The second kappa shape index (κ2) is 5.69. The van der Waals surface area contributed by atoms with Crippen molar-refractivity contribution in [2.45, 2.75) is 25.8 Å². The van der Waals surface area contributed by atoms with Gasteiger partial charge in [-0.2, -0.15) is 0 Å². The molecule has 3 aromatic rings. The molecule has 1 fully saturated rings. The molecule has 0 amide bonds. The Morgan fingerprint density at radius 3 is 2.87 bits per heavy atom. The molecule has 118 valence electrons. The van der Waals surface area contributed by atoms with Gasteiger partial charge in [0.15, 0.2) is 0 Å². The largest absolute Gasteiger partial charge is 0.492 e. The Labute approximate surface area is 134 Å². The molecular weight excluding hydrogens is 291 g/mol. The van der Waals surface area contributed by atoms with Crippen molar-refractivity contribution in [2.24, 2.45) is 5.92 Å². The van der Waals surface area contributed by atoms with Gasteiger partial charge in [-0.05, 0) is 62.1 Å². The summed E-state index contributed by atoms with van der Waals surface area (Å²) in [7, 11) is 0. The van der Waals surface area contributed by atoms with Crippen LogP contribution in [-0.2, 0) is 0 Å². The van der Waals surface area contributed by atoms with Crippen molar-refractivity contribution in [3.63, 3.8) is 0 Å². The van der Waals surface area contributed by atoms with Crippen LogP contribution in [0.4, 0.5) is 4.39 Å². The molecule has 0 spiro atoms. The molecule has 4 heteroatoms. The average molecular weight is 310 g/mol. The smallest absolute Gasteiger partial charge is 0.137 e. The number of hydrogen-bond donors (Lipinski definition) is 0. The quantitative estimate of drug-likeness (QED) is 0.690. The fourth-order valence-electron chi connectivity index (χ4n) is 2.84. The molecule has 1 aromatic carbocycles. The summed E-state index contributed by atoms with van der Waals surface area (Å²) in [6, 6.07) is 10.9. The van der Waals surface area contributed by atoms with E-state index in [-0.39, 0.29) is 11.9 Å². The Bertz CT molecular complexity index is 821. The van der Waals surface area contributed by atoms with E-state index in [2.05, 4.69) is 16.5 Å². The van der Waals surface area contributed by atoms with Crippen LogP contribution in [0.15, 0.2) is 48.8 Å². The highest BCUT2D eigenvalue weighted by Gasteiger charge is 2.22. The molecule has 2 heterocycles. The zero-order valence-corrected chi connectivity index (χ0v) is 13.1. The van der Waals surface area contributed by atoms with Crippen LogP contribution in [0, 0.1) is 11.7 Å². The molecule has 1 atom stereocenters. The normalized spacial score (nSPS) is 15.7. The minimum absolute atomic E-state index is 0.0791. The third-order valence-electron chi connectivity index (χ3n) is 4.47. The van der Waals surface area contributed by atoms with Crippen molar-refractivity contribution in [3.8, 4) is 5.75 Å². The molecule has 1 saturated carbocycles. The maximum absolute atomic E-state index is 13.3. The van der Waals surface area contributed by atoms with E-state index in [4.69, 9.17) is 4.74 Å². The van der Waals surface area contributed by atoms with E-state index in [0.29, 0.717) is 0 Å². The van der Waals surface area contributed by atoms with Gasteiger partial charge in [-0.15, -0.1) is 0 Å². The third kappa shape index (κ3) is 2.93. The first-order valence-electron chi connectivity index (χ1n) is 8.05. The monoisotopic (exact) mass is 310 g/mol. The van der Waals surface area contributed by atoms with Gasteiger partial charge in [0.2, 0.25) is 0 Å². The fourth-order valence-corrected chi connectivity index (χ4v) is 2.84. The second-order valence-corrected chi connectivity index (χ2v) is 6.28. The average Bonchev–Trinajstić information content (AvgIpc) is 3.31. The molecule has 2 aromatic heterocycles. The number of hydrogen-bond acceptors (Lipinski definition) is 2. The number of halogens is 1. The van der Waals surface area contributed by atoms with E-state index in [1.165, 1.54) is 18.9 Å². The van der Waals surface area contributed by atoms with Crippen LogP contribution in [0.3, 0.4) is 0 Å². The zero-order valence-electron chi connectivity index (χ0n) is 13.1. The molecule has 0 bridgehead atoms. The lowest BCUT2D eigenvalue weighted by atomic mass is 10.2. The fraction of sp³-hybridized carbons (Fsp3) is 0.316. The maximum atomic E-state index is 13.3. The van der Waals surface area contributed by atoms with Gasteiger partial charge in [0.1, 0.15) is 11.6 Å². The lowest BCUT2D eigenvalue weighted by Crippen LogP contribution is -2.07. The highest BCUT2D eigenvalue weighted by molar-refractivity contribution is 5.80. The lowest BCUT2D eigenvalue weighted by molar-refractivity contribution is 0.298. The Kier molecular flexibility index (Phi) is 3.52. The van der Waals surface area contributed by atoms with Crippen LogP contribution in [0.2, 0.25) is 0 Å². The standard InChI is InChI=1S/C19H19FN2O/c1-13(22-9-8-15-10-16(20)4-7-19(15)22)18-6-5-17(11-21-18)23-12-14-2-3-14/h4-11,13-14H,2-3,12H2,1H3/t13-/m1/s1. The first-order valence-corrected chi connectivity index (χ1v) is 8.05. The van der Waals surface area contributed by atoms with Crippen LogP contribution >= 0.6 is 0 Å². The van der Waals surface area contributed by atoms with Gasteiger partial charge in [0.05, 0.1) is 24.5 Å². The van der Waals surface area contributed by atoms with Gasteiger partial charge in [0, 0.05) is 17.1 Å². The van der Waals surface area contributed by atoms with Gasteiger partial charge in [-0.1, -0.05) is 0 Å². The van der Waals surface area contributed by atoms with Crippen molar-refractivity contribution < 1.29 is 9.13 Å². The van der Waals surface area contributed by atoms with Crippen LogP contribution < -0.4 is 4.74 Å². The predicted molar refractivity (Wildman–Crippen MR) is 88.2 cm³/mol. The van der Waals surface area contributed by atoms with Gasteiger partial charge < -0.3 is 9.30 Å². The lowest BCUT2D eigenvalue weighted by Gasteiger charge is -2.15. The van der Waals surface area contributed by atoms with Gasteiger partial charge >= 0.3 is 0 Å². The van der Waals surface area contributed by atoms with E-state index in [9.17, 15) is 4.39 Å².